The second-order valence-corrected chi connectivity index (χ2v) is 9.37. The highest BCUT2D eigenvalue weighted by Crippen LogP contribution is 2.33. The topological polar surface area (TPSA) is 63.2 Å². The van der Waals surface area contributed by atoms with Gasteiger partial charge in [0, 0.05) is 21.9 Å². The third kappa shape index (κ3) is 5.14. The number of carbonyl (C=O) groups is 1. The minimum absolute atomic E-state index is 0.151. The largest absolute Gasteiger partial charge is 0.325 e. The van der Waals surface area contributed by atoms with Gasteiger partial charge in [0.25, 0.3) is 0 Å². The van der Waals surface area contributed by atoms with E-state index in [2.05, 4.69) is 5.32 Å². The summed E-state index contributed by atoms with van der Waals surface area (Å²) in [5, 5.41) is 3.32. The van der Waals surface area contributed by atoms with E-state index in [4.69, 9.17) is 23.2 Å². The van der Waals surface area contributed by atoms with Gasteiger partial charge in [0.1, 0.15) is 0 Å². The normalized spacial score (nSPS) is 12.7. The summed E-state index contributed by atoms with van der Waals surface area (Å²) in [7, 11) is -3.33. The van der Waals surface area contributed by atoms with Crippen LogP contribution in [0.1, 0.15) is 6.92 Å². The van der Waals surface area contributed by atoms with Crippen LogP contribution in [-0.2, 0) is 14.6 Å². The molecule has 1 N–H and O–H groups in total. The van der Waals surface area contributed by atoms with E-state index in [9.17, 15) is 13.2 Å². The monoisotopic (exact) mass is 403 g/mol. The Morgan fingerprint density at radius 2 is 1.88 bits per heavy atom. The Bertz CT molecular complexity index is 869. The molecule has 0 saturated heterocycles. The van der Waals surface area contributed by atoms with Gasteiger partial charge in [0.05, 0.1) is 15.2 Å². The summed E-state index contributed by atoms with van der Waals surface area (Å²) >= 11 is 13.3. The molecule has 4 nitrogen and oxygen atoms in total. The maximum atomic E-state index is 12.3. The van der Waals surface area contributed by atoms with Gasteiger partial charge in [0.2, 0.25) is 5.91 Å². The fourth-order valence-electron chi connectivity index (χ4n) is 1.86. The van der Waals surface area contributed by atoms with Gasteiger partial charge in [-0.15, -0.1) is 11.8 Å². The first-order chi connectivity index (χ1) is 11.2. The maximum absolute atomic E-state index is 12.3. The van der Waals surface area contributed by atoms with Crippen LogP contribution in [0, 0.1) is 0 Å². The van der Waals surface area contributed by atoms with E-state index in [1.54, 1.807) is 37.3 Å². The molecule has 0 aromatic heterocycles. The van der Waals surface area contributed by atoms with Crippen LogP contribution in [-0.4, -0.2) is 25.8 Å². The highest BCUT2D eigenvalue weighted by molar-refractivity contribution is 8.00. The van der Waals surface area contributed by atoms with Crippen molar-refractivity contribution in [3.05, 3.63) is 52.5 Å². The summed E-state index contributed by atoms with van der Waals surface area (Å²) in [4.78, 5) is 13.2. The Labute approximate surface area is 155 Å². The number of sulfone groups is 1. The van der Waals surface area contributed by atoms with E-state index in [1.807, 2.05) is 0 Å². The number of hydrogen-bond acceptors (Lipinski definition) is 4. The Kier molecular flexibility index (Phi) is 6.20. The Hall–Kier alpha value is -1.21. The molecule has 0 heterocycles. The summed E-state index contributed by atoms with van der Waals surface area (Å²) in [6.45, 7) is 1.73. The number of rotatable bonds is 5. The van der Waals surface area contributed by atoms with Crippen molar-refractivity contribution in [3.8, 4) is 0 Å². The molecule has 0 aliphatic carbocycles. The number of benzene rings is 2. The smallest absolute Gasteiger partial charge is 0.237 e. The van der Waals surface area contributed by atoms with Crippen LogP contribution in [0.5, 0.6) is 0 Å². The minimum Gasteiger partial charge on any atom is -0.325 e. The van der Waals surface area contributed by atoms with E-state index in [1.165, 1.54) is 23.9 Å². The van der Waals surface area contributed by atoms with E-state index in [0.717, 1.165) is 6.26 Å². The number of amides is 1. The van der Waals surface area contributed by atoms with Crippen molar-refractivity contribution in [2.75, 3.05) is 11.6 Å². The van der Waals surface area contributed by atoms with Crippen LogP contribution in [0.4, 0.5) is 5.69 Å². The van der Waals surface area contributed by atoms with Crippen LogP contribution in [0.3, 0.4) is 0 Å². The number of hydrogen-bond donors (Lipinski definition) is 1. The van der Waals surface area contributed by atoms with E-state index < -0.39 is 15.1 Å². The highest BCUT2D eigenvalue weighted by Gasteiger charge is 2.17. The molecular weight excluding hydrogens is 389 g/mol. The standard InChI is InChI=1S/C16H15Cl2NO3S2/c1-10(23-15-8-11(17)6-7-14(15)18)16(20)19-12-4-3-5-13(9-12)24(2,21)22/h3-10H,1-2H3,(H,19,20). The first-order valence-electron chi connectivity index (χ1n) is 6.89. The molecule has 1 unspecified atom stereocenters. The van der Waals surface area contributed by atoms with Gasteiger partial charge in [-0.3, -0.25) is 4.79 Å². The zero-order chi connectivity index (χ0) is 17.9. The molecule has 128 valence electrons. The summed E-state index contributed by atoms with van der Waals surface area (Å²) in [6.07, 6.45) is 1.12. The first-order valence-corrected chi connectivity index (χ1v) is 10.4. The van der Waals surface area contributed by atoms with Crippen LogP contribution in [0.15, 0.2) is 52.3 Å². The molecule has 1 atom stereocenters. The minimum atomic E-state index is -3.33. The molecule has 0 radical (unpaired) electrons. The average molecular weight is 404 g/mol. The quantitative estimate of drug-likeness (QED) is 0.745. The van der Waals surface area contributed by atoms with Crippen molar-refractivity contribution >= 4 is 56.4 Å². The lowest BCUT2D eigenvalue weighted by Crippen LogP contribution is -2.22. The highest BCUT2D eigenvalue weighted by atomic mass is 35.5. The van der Waals surface area contributed by atoms with Gasteiger partial charge in [-0.05, 0) is 43.3 Å². The Morgan fingerprint density at radius 1 is 1.17 bits per heavy atom. The number of carbonyl (C=O) groups excluding carboxylic acids is 1. The predicted molar refractivity (Wildman–Crippen MR) is 100.0 cm³/mol. The molecule has 0 saturated carbocycles. The number of halogens is 2. The molecule has 0 bridgehead atoms. The lowest BCUT2D eigenvalue weighted by Gasteiger charge is -2.13. The van der Waals surface area contributed by atoms with E-state index in [0.29, 0.717) is 20.6 Å². The van der Waals surface area contributed by atoms with Crippen molar-refractivity contribution < 1.29 is 13.2 Å². The second kappa shape index (κ2) is 7.78. The molecule has 0 aliphatic rings. The zero-order valence-corrected chi connectivity index (χ0v) is 16.1. The summed E-state index contributed by atoms with van der Waals surface area (Å²) in [5.74, 6) is -0.262. The molecule has 0 fully saturated rings. The predicted octanol–water partition coefficient (Wildman–Crippen LogP) is 4.52. The van der Waals surface area contributed by atoms with Gasteiger partial charge in [-0.25, -0.2) is 8.42 Å². The zero-order valence-electron chi connectivity index (χ0n) is 12.9. The van der Waals surface area contributed by atoms with Gasteiger partial charge < -0.3 is 5.32 Å². The molecular formula is C16H15Cl2NO3S2. The number of nitrogens with one attached hydrogen (secondary N) is 1. The van der Waals surface area contributed by atoms with Crippen molar-refractivity contribution in [1.29, 1.82) is 0 Å². The molecule has 8 heteroatoms. The third-order valence-electron chi connectivity index (χ3n) is 3.10. The summed E-state index contributed by atoms with van der Waals surface area (Å²) in [5.41, 5.74) is 0.424. The number of thioether (sulfide) groups is 1. The van der Waals surface area contributed by atoms with E-state index in [-0.39, 0.29) is 10.8 Å². The van der Waals surface area contributed by atoms with Gasteiger partial charge in [-0.1, -0.05) is 29.3 Å². The lowest BCUT2D eigenvalue weighted by molar-refractivity contribution is -0.115. The lowest BCUT2D eigenvalue weighted by atomic mass is 10.3. The molecule has 2 aromatic rings. The molecule has 2 rings (SSSR count). The van der Waals surface area contributed by atoms with Crippen LogP contribution in [0.2, 0.25) is 10.0 Å². The first kappa shape index (κ1) is 19.1. The Balaban J connectivity index is 2.11. The van der Waals surface area contributed by atoms with Crippen LogP contribution < -0.4 is 5.32 Å². The number of anilines is 1. The summed E-state index contributed by atoms with van der Waals surface area (Å²) in [6, 6.07) is 11.2. The van der Waals surface area contributed by atoms with Gasteiger partial charge in [-0.2, -0.15) is 0 Å². The summed E-state index contributed by atoms with van der Waals surface area (Å²) < 4.78 is 23.1. The van der Waals surface area contributed by atoms with Crippen LogP contribution >= 0.6 is 35.0 Å². The second-order valence-electron chi connectivity index (χ2n) is 5.12. The molecule has 2 aromatic carbocycles. The molecule has 24 heavy (non-hydrogen) atoms. The van der Waals surface area contributed by atoms with E-state index >= 15 is 0 Å². The van der Waals surface area contributed by atoms with Crippen molar-refractivity contribution in [1.82, 2.24) is 0 Å². The van der Waals surface area contributed by atoms with Crippen LogP contribution in [0.25, 0.3) is 0 Å². The maximum Gasteiger partial charge on any atom is 0.237 e. The van der Waals surface area contributed by atoms with Gasteiger partial charge >= 0.3 is 0 Å². The molecule has 1 amide bonds. The fourth-order valence-corrected chi connectivity index (χ4v) is 3.94. The van der Waals surface area contributed by atoms with Crippen molar-refractivity contribution in [2.24, 2.45) is 0 Å². The Morgan fingerprint density at radius 3 is 2.54 bits per heavy atom. The van der Waals surface area contributed by atoms with Crippen molar-refractivity contribution in [2.45, 2.75) is 22.0 Å². The third-order valence-corrected chi connectivity index (χ3v) is 6.04. The molecule has 0 aliphatic heterocycles. The van der Waals surface area contributed by atoms with Gasteiger partial charge in [0.15, 0.2) is 9.84 Å². The fraction of sp³-hybridized carbons (Fsp3) is 0.188. The molecule has 0 spiro atoms. The SMILES string of the molecule is CC(Sc1cc(Cl)ccc1Cl)C(=O)Nc1cccc(S(C)(=O)=O)c1. The average Bonchev–Trinajstić information content (AvgIpc) is 2.50. The van der Waals surface area contributed by atoms with Crippen molar-refractivity contribution in [3.63, 3.8) is 0 Å².